The number of hydrazone groups is 1. The molecule has 28 heavy (non-hydrogen) atoms. The molecule has 0 radical (unpaired) electrons. The average molecular weight is 422 g/mol. The smallest absolute Gasteiger partial charge is 0.207 e. The normalized spacial score (nSPS) is 16.4. The summed E-state index contributed by atoms with van der Waals surface area (Å²) >= 11 is 9.41. The highest BCUT2D eigenvalue weighted by Gasteiger charge is 2.32. The van der Waals surface area contributed by atoms with Gasteiger partial charge in [-0.25, -0.2) is 9.99 Å². The van der Waals surface area contributed by atoms with Crippen molar-refractivity contribution in [1.82, 2.24) is 4.98 Å². The third kappa shape index (κ3) is 3.37. The summed E-state index contributed by atoms with van der Waals surface area (Å²) in [5, 5.41) is 12.9. The van der Waals surface area contributed by atoms with Crippen LogP contribution in [-0.4, -0.2) is 10.7 Å². The lowest BCUT2D eigenvalue weighted by Crippen LogP contribution is -2.17. The molecule has 2 aromatic carbocycles. The Morgan fingerprint density at radius 2 is 1.71 bits per heavy atom. The van der Waals surface area contributed by atoms with Gasteiger partial charge in [-0.1, -0.05) is 60.1 Å². The number of hydrogen-bond acceptors (Lipinski definition) is 5. The maximum Gasteiger partial charge on any atom is 0.207 e. The van der Waals surface area contributed by atoms with E-state index in [9.17, 15) is 0 Å². The van der Waals surface area contributed by atoms with Gasteiger partial charge in [-0.05, 0) is 29.1 Å². The predicted octanol–water partition coefficient (Wildman–Crippen LogP) is 6.88. The van der Waals surface area contributed by atoms with Crippen molar-refractivity contribution in [2.45, 2.75) is 12.5 Å². The number of thiophene rings is 1. The zero-order valence-corrected chi connectivity index (χ0v) is 17.2. The Kier molecular flexibility index (Phi) is 4.72. The zero-order valence-electron chi connectivity index (χ0n) is 14.8. The number of hydrogen-bond donors (Lipinski definition) is 0. The first-order chi connectivity index (χ1) is 13.8. The molecule has 3 heterocycles. The standard InChI is InChI=1S/C22H16ClN3S2/c23-17-10-8-16(9-11-17)19-14-28-22(24-19)26-20(21-7-4-12-27-21)13-18(25-26)15-5-2-1-3-6-15/h1-12,14,20H,13H2. The molecule has 0 spiro atoms. The summed E-state index contributed by atoms with van der Waals surface area (Å²) in [7, 11) is 0. The summed E-state index contributed by atoms with van der Waals surface area (Å²) in [6.45, 7) is 0. The van der Waals surface area contributed by atoms with Crippen LogP contribution < -0.4 is 5.01 Å². The molecule has 5 rings (SSSR count). The Labute approximate surface area is 176 Å². The van der Waals surface area contributed by atoms with Crippen LogP contribution in [0.5, 0.6) is 0 Å². The predicted molar refractivity (Wildman–Crippen MR) is 120 cm³/mol. The van der Waals surface area contributed by atoms with Gasteiger partial charge in [0.05, 0.1) is 17.4 Å². The molecular weight excluding hydrogens is 406 g/mol. The zero-order chi connectivity index (χ0) is 18.9. The Balaban J connectivity index is 1.52. The van der Waals surface area contributed by atoms with E-state index in [1.165, 1.54) is 10.4 Å². The third-order valence-electron chi connectivity index (χ3n) is 4.72. The van der Waals surface area contributed by atoms with Crippen molar-refractivity contribution in [1.29, 1.82) is 0 Å². The van der Waals surface area contributed by atoms with E-state index >= 15 is 0 Å². The Bertz CT molecular complexity index is 1100. The maximum absolute atomic E-state index is 6.02. The highest BCUT2D eigenvalue weighted by atomic mass is 35.5. The molecule has 2 aromatic heterocycles. The van der Waals surface area contributed by atoms with Crippen molar-refractivity contribution >= 4 is 45.1 Å². The van der Waals surface area contributed by atoms with Gasteiger partial charge < -0.3 is 0 Å². The summed E-state index contributed by atoms with van der Waals surface area (Å²) in [5.74, 6) is 0. The molecule has 0 amide bonds. The van der Waals surface area contributed by atoms with Crippen LogP contribution in [0, 0.1) is 0 Å². The van der Waals surface area contributed by atoms with Gasteiger partial charge in [0.15, 0.2) is 0 Å². The minimum atomic E-state index is 0.180. The molecule has 138 valence electrons. The summed E-state index contributed by atoms with van der Waals surface area (Å²) in [6.07, 6.45) is 0.875. The molecule has 0 aliphatic carbocycles. The molecular formula is C22H16ClN3S2. The topological polar surface area (TPSA) is 28.5 Å². The van der Waals surface area contributed by atoms with Crippen LogP contribution in [-0.2, 0) is 0 Å². The van der Waals surface area contributed by atoms with E-state index in [4.69, 9.17) is 21.7 Å². The van der Waals surface area contributed by atoms with E-state index in [0.717, 1.165) is 33.5 Å². The van der Waals surface area contributed by atoms with E-state index in [1.807, 2.05) is 30.3 Å². The molecule has 0 fully saturated rings. The van der Waals surface area contributed by atoms with Crippen LogP contribution in [0.25, 0.3) is 11.3 Å². The molecule has 1 aliphatic rings. The largest absolute Gasteiger partial charge is 0.230 e. The Morgan fingerprint density at radius 3 is 2.46 bits per heavy atom. The van der Waals surface area contributed by atoms with Crippen molar-refractivity contribution in [2.75, 3.05) is 5.01 Å². The van der Waals surface area contributed by atoms with Crippen molar-refractivity contribution < 1.29 is 0 Å². The number of thiazole rings is 1. The number of halogens is 1. The second kappa shape index (κ2) is 7.51. The van der Waals surface area contributed by atoms with Gasteiger partial charge in [0.2, 0.25) is 5.13 Å². The first-order valence-electron chi connectivity index (χ1n) is 8.95. The van der Waals surface area contributed by atoms with E-state index in [-0.39, 0.29) is 6.04 Å². The van der Waals surface area contributed by atoms with Crippen LogP contribution >= 0.6 is 34.3 Å². The molecule has 4 aromatic rings. The van der Waals surface area contributed by atoms with Crippen LogP contribution in [0.15, 0.2) is 82.6 Å². The molecule has 0 N–H and O–H groups in total. The van der Waals surface area contributed by atoms with Gasteiger partial charge in [0, 0.05) is 27.3 Å². The van der Waals surface area contributed by atoms with Crippen LogP contribution in [0.1, 0.15) is 22.9 Å². The lowest BCUT2D eigenvalue weighted by Gasteiger charge is -2.19. The summed E-state index contributed by atoms with van der Waals surface area (Å²) < 4.78 is 0. The van der Waals surface area contributed by atoms with E-state index < -0.39 is 0 Å². The van der Waals surface area contributed by atoms with Gasteiger partial charge in [0.1, 0.15) is 0 Å². The summed E-state index contributed by atoms with van der Waals surface area (Å²) in [4.78, 5) is 6.18. The van der Waals surface area contributed by atoms with Gasteiger partial charge >= 0.3 is 0 Å². The Hall–Kier alpha value is -2.47. The van der Waals surface area contributed by atoms with Crippen LogP contribution in [0.2, 0.25) is 5.02 Å². The molecule has 6 heteroatoms. The van der Waals surface area contributed by atoms with Gasteiger partial charge in [-0.3, -0.25) is 0 Å². The van der Waals surface area contributed by atoms with Gasteiger partial charge in [0.25, 0.3) is 0 Å². The molecule has 0 saturated heterocycles. The molecule has 3 nitrogen and oxygen atoms in total. The quantitative estimate of drug-likeness (QED) is 0.359. The van der Waals surface area contributed by atoms with Gasteiger partial charge in [-0.2, -0.15) is 5.10 Å². The fourth-order valence-corrected chi connectivity index (χ4v) is 5.09. The fraction of sp³-hybridized carbons (Fsp3) is 0.0909. The number of aromatic nitrogens is 1. The Morgan fingerprint density at radius 1 is 0.893 bits per heavy atom. The SMILES string of the molecule is Clc1ccc(-c2csc(N3N=C(c4ccccc4)CC3c3cccs3)n2)cc1. The number of rotatable bonds is 4. The fourth-order valence-electron chi connectivity index (χ4n) is 3.32. The maximum atomic E-state index is 6.02. The minimum Gasteiger partial charge on any atom is -0.230 e. The second-order valence-corrected chi connectivity index (χ2v) is 8.77. The van der Waals surface area contributed by atoms with Crippen molar-refractivity contribution in [3.05, 3.63) is 93.0 Å². The lowest BCUT2D eigenvalue weighted by atomic mass is 10.0. The third-order valence-corrected chi connectivity index (χ3v) is 6.77. The first kappa shape index (κ1) is 17.6. The van der Waals surface area contributed by atoms with Crippen molar-refractivity contribution in [3.63, 3.8) is 0 Å². The first-order valence-corrected chi connectivity index (χ1v) is 11.1. The lowest BCUT2D eigenvalue weighted by molar-refractivity contribution is 0.719. The van der Waals surface area contributed by atoms with Crippen LogP contribution in [0.3, 0.4) is 0 Å². The molecule has 0 bridgehead atoms. The average Bonchev–Trinajstić information content (AvgIpc) is 3.48. The second-order valence-electron chi connectivity index (χ2n) is 6.51. The monoisotopic (exact) mass is 421 g/mol. The van der Waals surface area contributed by atoms with Gasteiger partial charge in [-0.15, -0.1) is 22.7 Å². The highest BCUT2D eigenvalue weighted by molar-refractivity contribution is 7.14. The number of benzene rings is 2. The van der Waals surface area contributed by atoms with Crippen LogP contribution in [0.4, 0.5) is 5.13 Å². The number of anilines is 1. The number of nitrogens with zero attached hydrogens (tertiary/aromatic N) is 3. The van der Waals surface area contributed by atoms with Crippen molar-refractivity contribution in [2.24, 2.45) is 5.10 Å². The molecule has 1 unspecified atom stereocenters. The van der Waals surface area contributed by atoms with E-state index in [2.05, 4.69) is 52.2 Å². The highest BCUT2D eigenvalue weighted by Crippen LogP contribution is 2.40. The summed E-state index contributed by atoms with van der Waals surface area (Å²) in [5.41, 5.74) is 4.28. The minimum absolute atomic E-state index is 0.180. The molecule has 1 aliphatic heterocycles. The summed E-state index contributed by atoms with van der Waals surface area (Å²) in [6, 6.07) is 22.6. The van der Waals surface area contributed by atoms with Crippen molar-refractivity contribution in [3.8, 4) is 11.3 Å². The molecule has 0 saturated carbocycles. The van der Waals surface area contributed by atoms with E-state index in [1.54, 1.807) is 22.7 Å². The van der Waals surface area contributed by atoms with E-state index in [0.29, 0.717) is 0 Å². The molecule has 1 atom stereocenters.